The molecular formula is C23H19F4N3O3. The van der Waals surface area contributed by atoms with Crippen LogP contribution in [0.4, 0.5) is 23.2 Å². The molecule has 0 bridgehead atoms. The van der Waals surface area contributed by atoms with Gasteiger partial charge in [-0.2, -0.15) is 18.4 Å². The molecule has 2 aromatic carbocycles. The van der Waals surface area contributed by atoms with Crippen LogP contribution in [0, 0.1) is 17.1 Å². The number of phenols is 1. The number of alkyl halides is 3. The van der Waals surface area contributed by atoms with Gasteiger partial charge >= 0.3 is 6.18 Å². The van der Waals surface area contributed by atoms with Crippen molar-refractivity contribution in [2.45, 2.75) is 43.5 Å². The molecule has 0 saturated heterocycles. The summed E-state index contributed by atoms with van der Waals surface area (Å²) in [4.78, 5) is 13.9. The highest BCUT2D eigenvalue weighted by Gasteiger charge is 2.62. The fraction of sp³-hybridized carbons (Fsp3) is 0.304. The molecule has 1 aromatic heterocycles. The van der Waals surface area contributed by atoms with E-state index in [2.05, 4.69) is 10.3 Å². The van der Waals surface area contributed by atoms with E-state index in [1.807, 2.05) is 6.07 Å². The number of aromatic hydroxyl groups is 1. The van der Waals surface area contributed by atoms with Gasteiger partial charge in [0.15, 0.2) is 5.60 Å². The molecule has 172 valence electrons. The Kier molecular flexibility index (Phi) is 5.33. The van der Waals surface area contributed by atoms with E-state index in [9.17, 15) is 37.8 Å². The van der Waals surface area contributed by atoms with Gasteiger partial charge in [0.2, 0.25) is 5.56 Å². The lowest BCUT2D eigenvalue weighted by Gasteiger charge is -2.46. The minimum atomic E-state index is -5.05. The van der Waals surface area contributed by atoms with Crippen molar-refractivity contribution in [2.24, 2.45) is 0 Å². The highest BCUT2D eigenvalue weighted by atomic mass is 19.4. The molecule has 0 fully saturated rings. The minimum absolute atomic E-state index is 0.0219. The van der Waals surface area contributed by atoms with Gasteiger partial charge in [0, 0.05) is 22.7 Å². The molecule has 4 N–H and O–H groups in total. The number of hydrogen-bond donors (Lipinski definition) is 4. The molecule has 10 heteroatoms. The van der Waals surface area contributed by atoms with Crippen molar-refractivity contribution in [1.82, 2.24) is 4.98 Å². The predicted molar refractivity (Wildman–Crippen MR) is 112 cm³/mol. The lowest BCUT2D eigenvalue weighted by Crippen LogP contribution is -2.55. The van der Waals surface area contributed by atoms with E-state index in [0.717, 1.165) is 12.1 Å². The lowest BCUT2D eigenvalue weighted by atomic mass is 9.68. The minimum Gasteiger partial charge on any atom is -0.506 e. The van der Waals surface area contributed by atoms with E-state index in [1.54, 1.807) is 6.92 Å². The standard InChI is InChI=1S/C23H19F4N3O3/c1-2-11-9-22(33,23(25,26)27)21(14-4-3-12(10-28)20(32)18(11)14)29-16-7-6-15(24)19-13(16)5-8-17(31)30-19/h3-8,11,21,29,32-33H,2,9H2,1H3,(H,30,31)/t11-,21+,22-/m1/s1. The van der Waals surface area contributed by atoms with E-state index in [-0.39, 0.29) is 39.7 Å². The Labute approximate surface area is 185 Å². The molecular weight excluding hydrogens is 442 g/mol. The highest BCUT2D eigenvalue weighted by Crippen LogP contribution is 2.55. The van der Waals surface area contributed by atoms with E-state index >= 15 is 0 Å². The van der Waals surface area contributed by atoms with Crippen LogP contribution in [0.2, 0.25) is 0 Å². The zero-order chi connectivity index (χ0) is 24.1. The summed E-state index contributed by atoms with van der Waals surface area (Å²) in [6.07, 6.45) is -5.62. The fourth-order valence-corrected chi connectivity index (χ4v) is 4.57. The number of fused-ring (bicyclic) bond motifs is 2. The van der Waals surface area contributed by atoms with Crippen LogP contribution < -0.4 is 10.9 Å². The summed E-state index contributed by atoms with van der Waals surface area (Å²) in [7, 11) is 0. The molecule has 33 heavy (non-hydrogen) atoms. The van der Waals surface area contributed by atoms with E-state index < -0.39 is 47.3 Å². The number of anilines is 1. The van der Waals surface area contributed by atoms with Crippen LogP contribution in [0.25, 0.3) is 10.9 Å². The summed E-state index contributed by atoms with van der Waals surface area (Å²) >= 11 is 0. The number of benzene rings is 2. The Bertz CT molecular complexity index is 1350. The van der Waals surface area contributed by atoms with Gasteiger partial charge in [-0.25, -0.2) is 4.39 Å². The zero-order valence-electron chi connectivity index (χ0n) is 17.3. The number of rotatable bonds is 3. The number of aromatic nitrogens is 1. The van der Waals surface area contributed by atoms with Gasteiger partial charge in [-0.05, 0) is 48.6 Å². The SMILES string of the molecule is CC[C@@H]1C[C@](O)(C(F)(F)F)[C@@H](Nc2ccc(F)c3[nH]c(=O)ccc23)c2ccc(C#N)c(O)c21. The molecule has 0 spiro atoms. The Hall–Kier alpha value is -3.58. The molecule has 0 aliphatic heterocycles. The van der Waals surface area contributed by atoms with Crippen molar-refractivity contribution in [1.29, 1.82) is 5.26 Å². The second-order valence-electron chi connectivity index (χ2n) is 8.09. The van der Waals surface area contributed by atoms with Crippen LogP contribution >= 0.6 is 0 Å². The first-order valence-corrected chi connectivity index (χ1v) is 10.1. The monoisotopic (exact) mass is 461 g/mol. The molecule has 0 amide bonds. The molecule has 1 aliphatic carbocycles. The number of pyridine rings is 1. The lowest BCUT2D eigenvalue weighted by molar-refractivity contribution is -0.272. The second kappa shape index (κ2) is 7.78. The molecule has 1 heterocycles. The smallest absolute Gasteiger partial charge is 0.419 e. The van der Waals surface area contributed by atoms with Gasteiger partial charge in [-0.3, -0.25) is 4.79 Å². The average molecular weight is 461 g/mol. The van der Waals surface area contributed by atoms with Crippen molar-refractivity contribution in [3.8, 4) is 11.8 Å². The largest absolute Gasteiger partial charge is 0.506 e. The molecule has 6 nitrogen and oxygen atoms in total. The number of H-pyrrole nitrogens is 1. The fourth-order valence-electron chi connectivity index (χ4n) is 4.57. The van der Waals surface area contributed by atoms with Gasteiger partial charge < -0.3 is 20.5 Å². The Balaban J connectivity index is 1.97. The quantitative estimate of drug-likeness (QED) is 0.427. The zero-order valence-corrected chi connectivity index (χ0v) is 17.3. The van der Waals surface area contributed by atoms with E-state index in [1.165, 1.54) is 24.3 Å². The third-order valence-electron chi connectivity index (χ3n) is 6.25. The topological polar surface area (TPSA) is 109 Å². The maximum atomic E-state index is 14.2. The van der Waals surface area contributed by atoms with Gasteiger partial charge in [-0.1, -0.05) is 13.0 Å². The van der Waals surface area contributed by atoms with Crippen LogP contribution in [-0.2, 0) is 0 Å². The number of nitrogens with one attached hydrogen (secondary N) is 2. The van der Waals surface area contributed by atoms with Crippen molar-refractivity contribution in [2.75, 3.05) is 5.32 Å². The summed E-state index contributed by atoms with van der Waals surface area (Å²) in [6.45, 7) is 1.63. The number of aromatic amines is 1. The number of nitriles is 1. The maximum absolute atomic E-state index is 14.2. The summed E-state index contributed by atoms with van der Waals surface area (Å²) < 4.78 is 57.0. The van der Waals surface area contributed by atoms with Crippen LogP contribution in [0.3, 0.4) is 0 Å². The van der Waals surface area contributed by atoms with Crippen molar-refractivity contribution < 1.29 is 27.8 Å². The predicted octanol–water partition coefficient (Wildman–Crippen LogP) is 4.59. The normalized spacial score (nSPS) is 22.6. The molecule has 0 radical (unpaired) electrons. The maximum Gasteiger partial charge on any atom is 0.419 e. The first kappa shape index (κ1) is 22.6. The highest BCUT2D eigenvalue weighted by molar-refractivity contribution is 5.91. The Morgan fingerprint density at radius 2 is 1.97 bits per heavy atom. The number of hydrogen-bond acceptors (Lipinski definition) is 5. The Morgan fingerprint density at radius 1 is 1.24 bits per heavy atom. The summed E-state index contributed by atoms with van der Waals surface area (Å²) in [5.41, 5.74) is -3.94. The number of aliphatic hydroxyl groups is 1. The molecule has 1 aliphatic rings. The number of halogens is 4. The molecule has 0 saturated carbocycles. The molecule has 3 aromatic rings. The van der Waals surface area contributed by atoms with Gasteiger partial charge in [-0.15, -0.1) is 0 Å². The van der Waals surface area contributed by atoms with Crippen molar-refractivity contribution >= 4 is 16.6 Å². The third kappa shape index (κ3) is 3.49. The van der Waals surface area contributed by atoms with E-state index in [4.69, 9.17) is 0 Å². The van der Waals surface area contributed by atoms with Crippen molar-refractivity contribution in [3.05, 3.63) is 69.3 Å². The average Bonchev–Trinajstić information content (AvgIpc) is 2.76. The third-order valence-corrected chi connectivity index (χ3v) is 6.25. The summed E-state index contributed by atoms with van der Waals surface area (Å²) in [5, 5.41) is 33.7. The van der Waals surface area contributed by atoms with Crippen LogP contribution in [-0.4, -0.2) is 27.0 Å². The first-order valence-electron chi connectivity index (χ1n) is 10.1. The first-order chi connectivity index (χ1) is 15.5. The van der Waals surface area contributed by atoms with E-state index in [0.29, 0.717) is 0 Å². The van der Waals surface area contributed by atoms with Gasteiger partial charge in [0.05, 0.1) is 17.1 Å². The van der Waals surface area contributed by atoms with Crippen molar-refractivity contribution in [3.63, 3.8) is 0 Å². The molecule has 4 rings (SSSR count). The summed E-state index contributed by atoms with van der Waals surface area (Å²) in [6, 6.07) is 7.07. The number of nitrogens with zero attached hydrogens (tertiary/aromatic N) is 1. The Morgan fingerprint density at radius 3 is 2.61 bits per heavy atom. The molecule has 0 unspecified atom stereocenters. The van der Waals surface area contributed by atoms with Crippen LogP contribution in [0.15, 0.2) is 41.2 Å². The van der Waals surface area contributed by atoms with Gasteiger partial charge in [0.1, 0.15) is 17.6 Å². The molecule has 3 atom stereocenters. The summed E-state index contributed by atoms with van der Waals surface area (Å²) in [5.74, 6) is -2.06. The van der Waals surface area contributed by atoms with Crippen LogP contribution in [0.5, 0.6) is 5.75 Å². The number of phenolic OH excluding ortho intramolecular Hbond substituents is 1. The van der Waals surface area contributed by atoms with Crippen LogP contribution in [0.1, 0.15) is 48.4 Å². The van der Waals surface area contributed by atoms with Gasteiger partial charge in [0.25, 0.3) is 0 Å². The second-order valence-corrected chi connectivity index (χ2v) is 8.09.